The molecule has 0 aliphatic rings. The minimum atomic E-state index is -0.551. The van der Waals surface area contributed by atoms with Crippen molar-refractivity contribution in [3.63, 3.8) is 0 Å². The van der Waals surface area contributed by atoms with Gasteiger partial charge in [-0.1, -0.05) is 13.0 Å². The number of nitrogens with one attached hydrogen (secondary N) is 2. The first-order valence-electron chi connectivity index (χ1n) is 7.00. The number of nitrogens with zero attached hydrogens (tertiary/aromatic N) is 1. The number of hydrogen-bond donors (Lipinski definition) is 2. The van der Waals surface area contributed by atoms with Gasteiger partial charge < -0.3 is 15.4 Å². The summed E-state index contributed by atoms with van der Waals surface area (Å²) in [7, 11) is 0. The van der Waals surface area contributed by atoms with Crippen molar-refractivity contribution in [1.82, 2.24) is 10.6 Å². The van der Waals surface area contributed by atoms with Gasteiger partial charge in [-0.3, -0.25) is 14.9 Å². The zero-order chi connectivity index (χ0) is 15.7. The van der Waals surface area contributed by atoms with Crippen LogP contribution in [-0.4, -0.2) is 37.1 Å². The molecule has 7 nitrogen and oxygen atoms in total. The van der Waals surface area contributed by atoms with E-state index in [1.54, 1.807) is 6.92 Å². The van der Waals surface area contributed by atoms with Crippen LogP contribution in [0.15, 0.2) is 18.2 Å². The maximum absolute atomic E-state index is 12.1. The number of amides is 1. The lowest BCUT2D eigenvalue weighted by Gasteiger charge is -2.11. The van der Waals surface area contributed by atoms with Gasteiger partial charge in [0.2, 0.25) is 5.75 Å². The van der Waals surface area contributed by atoms with Crippen LogP contribution in [0, 0.1) is 10.1 Å². The lowest BCUT2D eigenvalue weighted by atomic mass is 10.1. The molecule has 0 spiro atoms. The maximum atomic E-state index is 12.1. The number of carbonyl (C=O) groups is 1. The number of benzene rings is 1. The molecule has 0 bridgehead atoms. The fourth-order valence-corrected chi connectivity index (χ4v) is 1.80. The summed E-state index contributed by atoms with van der Waals surface area (Å²) >= 11 is 0. The van der Waals surface area contributed by atoms with Gasteiger partial charge in [-0.2, -0.15) is 0 Å². The summed E-state index contributed by atoms with van der Waals surface area (Å²) in [5.41, 5.74) is -0.0184. The Hall–Kier alpha value is -2.15. The molecule has 0 radical (unpaired) electrons. The molecule has 116 valence electrons. The van der Waals surface area contributed by atoms with Crippen LogP contribution in [0.4, 0.5) is 5.69 Å². The Kier molecular flexibility index (Phi) is 7.17. The first kappa shape index (κ1) is 16.9. The standard InChI is InChI=1S/C14H21N3O4/c1-3-8-15-9-10-16-14(18)11-6-5-7-12(17(19)20)13(11)21-4-2/h5-7,15H,3-4,8-10H2,1-2H3,(H,16,18). The maximum Gasteiger partial charge on any atom is 0.311 e. The molecular weight excluding hydrogens is 274 g/mol. The van der Waals surface area contributed by atoms with Gasteiger partial charge in [0, 0.05) is 19.2 Å². The molecule has 1 rings (SSSR count). The fourth-order valence-electron chi connectivity index (χ4n) is 1.80. The molecule has 21 heavy (non-hydrogen) atoms. The van der Waals surface area contributed by atoms with E-state index in [2.05, 4.69) is 17.6 Å². The van der Waals surface area contributed by atoms with Gasteiger partial charge in [0.25, 0.3) is 5.91 Å². The summed E-state index contributed by atoms with van der Waals surface area (Å²) in [6.07, 6.45) is 1.02. The first-order valence-corrected chi connectivity index (χ1v) is 7.00. The van der Waals surface area contributed by atoms with E-state index in [-0.39, 0.29) is 29.5 Å². The number of nitro benzene ring substituents is 1. The predicted octanol–water partition coefficient (Wildman–Crippen LogP) is 1.72. The van der Waals surface area contributed by atoms with Crippen molar-refractivity contribution in [2.24, 2.45) is 0 Å². The Morgan fingerprint density at radius 2 is 2.05 bits per heavy atom. The summed E-state index contributed by atoms with van der Waals surface area (Å²) in [6, 6.07) is 4.32. The third-order valence-electron chi connectivity index (χ3n) is 2.74. The highest BCUT2D eigenvalue weighted by atomic mass is 16.6. The highest BCUT2D eigenvalue weighted by Crippen LogP contribution is 2.30. The van der Waals surface area contributed by atoms with E-state index in [9.17, 15) is 14.9 Å². The molecule has 0 atom stereocenters. The predicted molar refractivity (Wildman–Crippen MR) is 79.8 cm³/mol. The van der Waals surface area contributed by atoms with Crippen molar-refractivity contribution >= 4 is 11.6 Å². The van der Waals surface area contributed by atoms with Gasteiger partial charge in [-0.25, -0.2) is 0 Å². The summed E-state index contributed by atoms with van der Waals surface area (Å²) in [4.78, 5) is 22.5. The van der Waals surface area contributed by atoms with Crippen molar-refractivity contribution in [3.8, 4) is 5.75 Å². The van der Waals surface area contributed by atoms with Crippen molar-refractivity contribution in [3.05, 3.63) is 33.9 Å². The Bertz CT molecular complexity index is 491. The molecule has 0 aliphatic carbocycles. The number of para-hydroxylation sites is 1. The van der Waals surface area contributed by atoms with E-state index in [0.717, 1.165) is 13.0 Å². The molecule has 0 aromatic heterocycles. The van der Waals surface area contributed by atoms with Gasteiger partial charge in [-0.15, -0.1) is 0 Å². The average molecular weight is 295 g/mol. The quantitative estimate of drug-likeness (QED) is 0.411. The van der Waals surface area contributed by atoms with E-state index < -0.39 is 4.92 Å². The van der Waals surface area contributed by atoms with E-state index in [0.29, 0.717) is 13.1 Å². The highest BCUT2D eigenvalue weighted by molar-refractivity contribution is 5.98. The Labute approximate surface area is 123 Å². The summed E-state index contributed by atoms with van der Waals surface area (Å²) in [6.45, 7) is 6.02. The molecule has 0 unspecified atom stereocenters. The smallest absolute Gasteiger partial charge is 0.311 e. The number of hydrogen-bond acceptors (Lipinski definition) is 5. The number of carbonyl (C=O) groups excluding carboxylic acids is 1. The second-order valence-electron chi connectivity index (χ2n) is 4.35. The van der Waals surface area contributed by atoms with Crippen molar-refractivity contribution in [1.29, 1.82) is 0 Å². The van der Waals surface area contributed by atoms with E-state index >= 15 is 0 Å². The zero-order valence-corrected chi connectivity index (χ0v) is 12.3. The van der Waals surface area contributed by atoms with Gasteiger partial charge >= 0.3 is 5.69 Å². The number of nitro groups is 1. The van der Waals surface area contributed by atoms with Gasteiger partial charge in [0.15, 0.2) is 0 Å². The highest BCUT2D eigenvalue weighted by Gasteiger charge is 2.22. The molecule has 1 aromatic carbocycles. The van der Waals surface area contributed by atoms with Crippen LogP contribution in [0.1, 0.15) is 30.6 Å². The van der Waals surface area contributed by atoms with Crippen molar-refractivity contribution < 1.29 is 14.5 Å². The van der Waals surface area contributed by atoms with Crippen molar-refractivity contribution in [2.75, 3.05) is 26.2 Å². The lowest BCUT2D eigenvalue weighted by molar-refractivity contribution is -0.385. The lowest BCUT2D eigenvalue weighted by Crippen LogP contribution is -2.32. The van der Waals surface area contributed by atoms with Crippen LogP contribution in [0.2, 0.25) is 0 Å². The zero-order valence-electron chi connectivity index (χ0n) is 12.3. The Balaban J connectivity index is 2.78. The number of ether oxygens (including phenoxy) is 1. The SMILES string of the molecule is CCCNCCNC(=O)c1cccc([N+](=O)[O-])c1OCC. The molecule has 1 aromatic rings. The summed E-state index contributed by atoms with van der Waals surface area (Å²) in [5.74, 6) is -0.357. The minimum absolute atomic E-state index is 0.0176. The largest absolute Gasteiger partial charge is 0.487 e. The normalized spacial score (nSPS) is 10.2. The molecule has 0 aliphatic heterocycles. The average Bonchev–Trinajstić information content (AvgIpc) is 2.47. The topological polar surface area (TPSA) is 93.5 Å². The van der Waals surface area contributed by atoms with Crippen LogP contribution < -0.4 is 15.4 Å². The van der Waals surface area contributed by atoms with Crippen LogP contribution >= 0.6 is 0 Å². The monoisotopic (exact) mass is 295 g/mol. The number of rotatable bonds is 9. The van der Waals surface area contributed by atoms with Crippen LogP contribution in [0.5, 0.6) is 5.75 Å². The Morgan fingerprint density at radius 1 is 1.29 bits per heavy atom. The minimum Gasteiger partial charge on any atom is -0.487 e. The van der Waals surface area contributed by atoms with Gasteiger partial charge in [0.1, 0.15) is 0 Å². The third-order valence-corrected chi connectivity index (χ3v) is 2.74. The second-order valence-corrected chi connectivity index (χ2v) is 4.35. The van der Waals surface area contributed by atoms with Gasteiger partial charge in [-0.05, 0) is 26.0 Å². The second kappa shape index (κ2) is 8.91. The fraction of sp³-hybridized carbons (Fsp3) is 0.500. The van der Waals surface area contributed by atoms with Gasteiger partial charge in [0.05, 0.1) is 17.1 Å². The molecule has 0 saturated carbocycles. The molecule has 0 heterocycles. The molecule has 2 N–H and O–H groups in total. The van der Waals surface area contributed by atoms with E-state index in [4.69, 9.17) is 4.74 Å². The van der Waals surface area contributed by atoms with Crippen LogP contribution in [0.25, 0.3) is 0 Å². The first-order chi connectivity index (χ1) is 10.1. The van der Waals surface area contributed by atoms with Crippen LogP contribution in [-0.2, 0) is 0 Å². The van der Waals surface area contributed by atoms with Crippen LogP contribution in [0.3, 0.4) is 0 Å². The van der Waals surface area contributed by atoms with Crippen molar-refractivity contribution in [2.45, 2.75) is 20.3 Å². The molecular formula is C14H21N3O4. The summed E-state index contributed by atoms with van der Waals surface area (Å²) in [5, 5.41) is 16.9. The summed E-state index contributed by atoms with van der Waals surface area (Å²) < 4.78 is 5.28. The molecule has 0 saturated heterocycles. The molecule has 7 heteroatoms. The van der Waals surface area contributed by atoms with E-state index in [1.165, 1.54) is 18.2 Å². The van der Waals surface area contributed by atoms with E-state index in [1.807, 2.05) is 0 Å². The third kappa shape index (κ3) is 5.03. The Morgan fingerprint density at radius 3 is 2.67 bits per heavy atom. The molecule has 0 fully saturated rings. The molecule has 1 amide bonds.